The standard InChI is InChI=1S/C19H17N3O3/c1-11-12(2)22-17-9-14(6-7-16(17)21-11)18(23)20-10-13-4-3-5-15(8-13)19(24)25/h3-9H,10H2,1-2H3,(H,20,23)(H,24,25). The summed E-state index contributed by atoms with van der Waals surface area (Å²) in [4.78, 5) is 32.3. The van der Waals surface area contributed by atoms with E-state index in [0.717, 1.165) is 22.5 Å². The molecule has 25 heavy (non-hydrogen) atoms. The molecule has 0 saturated carbocycles. The smallest absolute Gasteiger partial charge is 0.335 e. The minimum Gasteiger partial charge on any atom is -0.478 e. The second-order valence-electron chi connectivity index (χ2n) is 5.79. The van der Waals surface area contributed by atoms with Crippen LogP contribution in [0.15, 0.2) is 42.5 Å². The Balaban J connectivity index is 1.77. The van der Waals surface area contributed by atoms with Crippen molar-refractivity contribution in [3.05, 3.63) is 70.5 Å². The number of rotatable bonds is 4. The molecule has 1 amide bonds. The summed E-state index contributed by atoms with van der Waals surface area (Å²) in [6.45, 7) is 4.02. The van der Waals surface area contributed by atoms with Gasteiger partial charge in [0, 0.05) is 12.1 Å². The highest BCUT2D eigenvalue weighted by molar-refractivity contribution is 5.97. The lowest BCUT2D eigenvalue weighted by atomic mass is 10.1. The molecule has 0 radical (unpaired) electrons. The Hall–Kier alpha value is -3.28. The number of aromatic nitrogens is 2. The number of aromatic carboxylic acids is 1. The molecule has 0 bridgehead atoms. The third-order valence-corrected chi connectivity index (χ3v) is 3.96. The quantitative estimate of drug-likeness (QED) is 0.765. The van der Waals surface area contributed by atoms with Crippen LogP contribution in [0.4, 0.5) is 0 Å². The summed E-state index contributed by atoms with van der Waals surface area (Å²) in [6.07, 6.45) is 0. The van der Waals surface area contributed by atoms with Crippen LogP contribution >= 0.6 is 0 Å². The largest absolute Gasteiger partial charge is 0.478 e. The van der Waals surface area contributed by atoms with Crippen LogP contribution in [0.2, 0.25) is 0 Å². The van der Waals surface area contributed by atoms with E-state index in [4.69, 9.17) is 5.11 Å². The Bertz CT molecular complexity index is 983. The third kappa shape index (κ3) is 3.63. The SMILES string of the molecule is Cc1nc2ccc(C(=O)NCc3cccc(C(=O)O)c3)cc2nc1C. The van der Waals surface area contributed by atoms with Crippen LogP contribution in [0.3, 0.4) is 0 Å². The first-order valence-corrected chi connectivity index (χ1v) is 7.79. The summed E-state index contributed by atoms with van der Waals surface area (Å²) < 4.78 is 0. The third-order valence-electron chi connectivity index (χ3n) is 3.96. The highest BCUT2D eigenvalue weighted by atomic mass is 16.4. The lowest BCUT2D eigenvalue weighted by Gasteiger charge is -2.08. The van der Waals surface area contributed by atoms with Gasteiger partial charge in [0.2, 0.25) is 0 Å². The van der Waals surface area contributed by atoms with E-state index in [-0.39, 0.29) is 18.0 Å². The van der Waals surface area contributed by atoms with E-state index in [1.807, 2.05) is 13.8 Å². The van der Waals surface area contributed by atoms with Crippen molar-refractivity contribution in [2.75, 3.05) is 0 Å². The van der Waals surface area contributed by atoms with Gasteiger partial charge in [-0.2, -0.15) is 0 Å². The van der Waals surface area contributed by atoms with E-state index in [1.165, 1.54) is 6.07 Å². The molecule has 0 unspecified atom stereocenters. The first-order chi connectivity index (χ1) is 11.9. The van der Waals surface area contributed by atoms with Gasteiger partial charge in [-0.1, -0.05) is 12.1 Å². The second-order valence-corrected chi connectivity index (χ2v) is 5.79. The molecule has 6 nitrogen and oxygen atoms in total. The van der Waals surface area contributed by atoms with E-state index in [0.29, 0.717) is 11.1 Å². The number of nitrogens with zero attached hydrogens (tertiary/aromatic N) is 2. The summed E-state index contributed by atoms with van der Waals surface area (Å²) in [5.74, 6) is -1.24. The van der Waals surface area contributed by atoms with Crippen molar-refractivity contribution in [2.45, 2.75) is 20.4 Å². The molecule has 3 aromatic rings. The monoisotopic (exact) mass is 335 g/mol. The minimum absolute atomic E-state index is 0.193. The summed E-state index contributed by atoms with van der Waals surface area (Å²) in [6, 6.07) is 11.7. The number of hydrogen-bond acceptors (Lipinski definition) is 4. The molecule has 6 heteroatoms. The van der Waals surface area contributed by atoms with Crippen LogP contribution in [0.1, 0.15) is 37.7 Å². The van der Waals surface area contributed by atoms with Crippen molar-refractivity contribution in [3.8, 4) is 0 Å². The molecular formula is C19H17N3O3. The molecule has 0 atom stereocenters. The van der Waals surface area contributed by atoms with Crippen molar-refractivity contribution in [1.82, 2.24) is 15.3 Å². The Morgan fingerprint density at radius 1 is 0.960 bits per heavy atom. The van der Waals surface area contributed by atoms with Crippen LogP contribution in [0, 0.1) is 13.8 Å². The first kappa shape index (κ1) is 16.6. The van der Waals surface area contributed by atoms with Crippen molar-refractivity contribution >= 4 is 22.9 Å². The number of carboxylic acids is 1. The molecule has 0 aliphatic heterocycles. The lowest BCUT2D eigenvalue weighted by Crippen LogP contribution is -2.23. The van der Waals surface area contributed by atoms with Crippen LogP contribution in [-0.4, -0.2) is 27.0 Å². The van der Waals surface area contributed by atoms with Gasteiger partial charge in [0.05, 0.1) is 28.0 Å². The number of carboxylic acid groups (broad SMARTS) is 1. The number of carbonyl (C=O) groups is 2. The predicted octanol–water partition coefficient (Wildman–Crippen LogP) is 2.87. The Morgan fingerprint density at radius 3 is 2.40 bits per heavy atom. The van der Waals surface area contributed by atoms with E-state index < -0.39 is 5.97 Å². The average Bonchev–Trinajstić information content (AvgIpc) is 2.60. The number of aryl methyl sites for hydroxylation is 2. The average molecular weight is 335 g/mol. The van der Waals surface area contributed by atoms with Gasteiger partial charge < -0.3 is 10.4 Å². The Labute approximate surface area is 144 Å². The van der Waals surface area contributed by atoms with Gasteiger partial charge in [-0.15, -0.1) is 0 Å². The zero-order chi connectivity index (χ0) is 18.0. The van der Waals surface area contributed by atoms with Crippen LogP contribution in [0.5, 0.6) is 0 Å². The van der Waals surface area contributed by atoms with Crippen molar-refractivity contribution < 1.29 is 14.7 Å². The molecule has 1 heterocycles. The molecule has 2 aromatic carbocycles. The van der Waals surface area contributed by atoms with Crippen molar-refractivity contribution in [3.63, 3.8) is 0 Å². The normalized spacial score (nSPS) is 10.6. The van der Waals surface area contributed by atoms with Crippen LogP contribution in [0.25, 0.3) is 11.0 Å². The lowest BCUT2D eigenvalue weighted by molar-refractivity contribution is 0.0696. The van der Waals surface area contributed by atoms with E-state index in [2.05, 4.69) is 15.3 Å². The van der Waals surface area contributed by atoms with E-state index in [9.17, 15) is 9.59 Å². The summed E-state index contributed by atoms with van der Waals surface area (Å²) in [5.41, 5.74) is 4.51. The fraction of sp³-hybridized carbons (Fsp3) is 0.158. The number of amides is 1. The number of benzene rings is 2. The number of hydrogen-bond donors (Lipinski definition) is 2. The first-order valence-electron chi connectivity index (χ1n) is 7.79. The van der Waals surface area contributed by atoms with Crippen LogP contribution in [-0.2, 0) is 6.54 Å². The fourth-order valence-corrected chi connectivity index (χ4v) is 2.47. The second kappa shape index (κ2) is 6.68. The predicted molar refractivity (Wildman–Crippen MR) is 93.6 cm³/mol. The molecule has 0 aliphatic carbocycles. The van der Waals surface area contributed by atoms with E-state index >= 15 is 0 Å². The van der Waals surface area contributed by atoms with Gasteiger partial charge in [-0.05, 0) is 49.7 Å². The summed E-state index contributed by atoms with van der Waals surface area (Å²) in [7, 11) is 0. The van der Waals surface area contributed by atoms with E-state index in [1.54, 1.807) is 36.4 Å². The van der Waals surface area contributed by atoms with Gasteiger partial charge in [0.1, 0.15) is 0 Å². The molecule has 1 aromatic heterocycles. The topological polar surface area (TPSA) is 92.2 Å². The molecule has 0 spiro atoms. The molecular weight excluding hydrogens is 318 g/mol. The van der Waals surface area contributed by atoms with Crippen molar-refractivity contribution in [2.24, 2.45) is 0 Å². The zero-order valence-corrected chi connectivity index (χ0v) is 13.9. The number of fused-ring (bicyclic) bond motifs is 1. The Morgan fingerprint density at radius 2 is 1.68 bits per heavy atom. The highest BCUT2D eigenvalue weighted by Gasteiger charge is 2.09. The summed E-state index contributed by atoms with van der Waals surface area (Å²) in [5, 5.41) is 11.8. The molecule has 2 N–H and O–H groups in total. The number of carbonyl (C=O) groups excluding carboxylic acids is 1. The number of nitrogens with one attached hydrogen (secondary N) is 1. The fourth-order valence-electron chi connectivity index (χ4n) is 2.47. The molecule has 0 saturated heterocycles. The minimum atomic E-state index is -0.994. The maximum atomic E-state index is 12.4. The maximum Gasteiger partial charge on any atom is 0.335 e. The zero-order valence-electron chi connectivity index (χ0n) is 13.9. The van der Waals surface area contributed by atoms with Gasteiger partial charge in [0.25, 0.3) is 5.91 Å². The van der Waals surface area contributed by atoms with Gasteiger partial charge in [-0.3, -0.25) is 4.79 Å². The molecule has 3 rings (SSSR count). The van der Waals surface area contributed by atoms with Gasteiger partial charge in [-0.25, -0.2) is 14.8 Å². The molecule has 126 valence electrons. The Kier molecular flexibility index (Phi) is 4.43. The van der Waals surface area contributed by atoms with Gasteiger partial charge in [0.15, 0.2) is 0 Å². The highest BCUT2D eigenvalue weighted by Crippen LogP contribution is 2.15. The van der Waals surface area contributed by atoms with Gasteiger partial charge >= 0.3 is 5.97 Å². The maximum absolute atomic E-state index is 12.4. The molecule has 0 aliphatic rings. The summed E-state index contributed by atoms with van der Waals surface area (Å²) >= 11 is 0. The van der Waals surface area contributed by atoms with Crippen LogP contribution < -0.4 is 5.32 Å². The van der Waals surface area contributed by atoms with Crippen molar-refractivity contribution in [1.29, 1.82) is 0 Å². The molecule has 0 fully saturated rings.